The minimum atomic E-state index is 0.226. The molecule has 0 aliphatic carbocycles. The van der Waals surface area contributed by atoms with E-state index in [1.165, 1.54) is 0 Å². The fourth-order valence-electron chi connectivity index (χ4n) is 2.49. The number of nitrogens with zero attached hydrogens (tertiary/aromatic N) is 2. The van der Waals surface area contributed by atoms with Gasteiger partial charge >= 0.3 is 0 Å². The Balaban J connectivity index is 1.85. The summed E-state index contributed by atoms with van der Waals surface area (Å²) in [6.45, 7) is 1.95. The molecule has 1 aromatic carbocycles. The van der Waals surface area contributed by atoms with E-state index in [1.54, 1.807) is 7.11 Å². The van der Waals surface area contributed by atoms with E-state index in [1.807, 2.05) is 29.2 Å². The summed E-state index contributed by atoms with van der Waals surface area (Å²) in [4.78, 5) is 18.0. The first kappa shape index (κ1) is 16.1. The zero-order valence-corrected chi connectivity index (χ0v) is 13.0. The van der Waals surface area contributed by atoms with E-state index in [0.717, 1.165) is 31.5 Å². The van der Waals surface area contributed by atoms with Crippen LogP contribution in [0.3, 0.4) is 0 Å². The normalized spacial score (nSPS) is 16.3. The van der Waals surface area contributed by atoms with E-state index >= 15 is 0 Å². The van der Waals surface area contributed by atoms with Crippen molar-refractivity contribution in [1.29, 1.82) is 0 Å². The minimum absolute atomic E-state index is 0.226. The van der Waals surface area contributed by atoms with Crippen molar-refractivity contribution in [2.45, 2.75) is 25.7 Å². The molecular weight excluding hydrogens is 280 g/mol. The van der Waals surface area contributed by atoms with Crippen LogP contribution in [0, 0.1) is 0 Å². The number of guanidine groups is 1. The summed E-state index contributed by atoms with van der Waals surface area (Å²) in [6, 6.07) is 7.52. The minimum Gasteiger partial charge on any atom is -0.495 e. The molecule has 1 fully saturated rings. The van der Waals surface area contributed by atoms with Gasteiger partial charge in [-0.05, 0) is 25.0 Å². The molecule has 1 heterocycles. The van der Waals surface area contributed by atoms with Gasteiger partial charge in [0, 0.05) is 19.5 Å². The number of hydrogen-bond acceptors (Lipinski definition) is 3. The molecule has 120 valence electrons. The fraction of sp³-hybridized carbons (Fsp3) is 0.500. The first-order chi connectivity index (χ1) is 10.7. The highest BCUT2D eigenvalue weighted by molar-refractivity contribution is 5.93. The number of likely N-dealkylation sites (tertiary alicyclic amines) is 1. The fourth-order valence-corrected chi connectivity index (χ4v) is 2.49. The van der Waals surface area contributed by atoms with E-state index in [0.29, 0.717) is 31.2 Å². The maximum Gasteiger partial charge on any atom is 0.222 e. The third-order valence-electron chi connectivity index (χ3n) is 3.69. The maximum atomic E-state index is 11.9. The number of aliphatic imine (C=N–C) groups is 1. The van der Waals surface area contributed by atoms with Crippen molar-refractivity contribution in [3.63, 3.8) is 0 Å². The SMILES string of the molecule is COc1ccccc1NC(N)=NCCN1CCCCCC1=O. The molecule has 6 nitrogen and oxygen atoms in total. The number of hydrogen-bond donors (Lipinski definition) is 2. The number of carbonyl (C=O) groups excluding carboxylic acids is 1. The van der Waals surface area contributed by atoms with E-state index in [2.05, 4.69) is 10.3 Å². The zero-order valence-electron chi connectivity index (χ0n) is 13.0. The Bertz CT molecular complexity index is 531. The van der Waals surface area contributed by atoms with Crippen molar-refractivity contribution in [3.8, 4) is 5.75 Å². The van der Waals surface area contributed by atoms with Gasteiger partial charge < -0.3 is 20.7 Å². The smallest absolute Gasteiger partial charge is 0.222 e. The lowest BCUT2D eigenvalue weighted by molar-refractivity contribution is -0.130. The van der Waals surface area contributed by atoms with E-state index in [4.69, 9.17) is 10.5 Å². The van der Waals surface area contributed by atoms with Crippen LogP contribution in [0.25, 0.3) is 0 Å². The predicted octanol–water partition coefficient (Wildman–Crippen LogP) is 1.82. The highest BCUT2D eigenvalue weighted by Crippen LogP contribution is 2.22. The molecular formula is C16H24N4O2. The topological polar surface area (TPSA) is 80.0 Å². The molecule has 0 spiro atoms. The van der Waals surface area contributed by atoms with Gasteiger partial charge in [-0.2, -0.15) is 0 Å². The Morgan fingerprint density at radius 1 is 1.36 bits per heavy atom. The van der Waals surface area contributed by atoms with Crippen LogP contribution in [-0.4, -0.2) is 43.5 Å². The second-order valence-corrected chi connectivity index (χ2v) is 5.28. The molecule has 3 N–H and O–H groups in total. The highest BCUT2D eigenvalue weighted by Gasteiger charge is 2.15. The molecule has 0 saturated carbocycles. The van der Waals surface area contributed by atoms with Crippen molar-refractivity contribution in [2.24, 2.45) is 10.7 Å². The molecule has 1 aromatic rings. The van der Waals surface area contributed by atoms with Gasteiger partial charge in [0.15, 0.2) is 5.96 Å². The third kappa shape index (κ3) is 4.65. The molecule has 6 heteroatoms. The summed E-state index contributed by atoms with van der Waals surface area (Å²) < 4.78 is 5.25. The molecule has 0 atom stereocenters. The largest absolute Gasteiger partial charge is 0.495 e. The summed E-state index contributed by atoms with van der Waals surface area (Å²) >= 11 is 0. The van der Waals surface area contributed by atoms with Crippen molar-refractivity contribution in [3.05, 3.63) is 24.3 Å². The molecule has 2 rings (SSSR count). The summed E-state index contributed by atoms with van der Waals surface area (Å²) in [6.07, 6.45) is 3.85. The monoisotopic (exact) mass is 304 g/mol. The van der Waals surface area contributed by atoms with E-state index < -0.39 is 0 Å². The standard InChI is InChI=1S/C16H24N4O2/c1-22-14-8-5-4-7-13(14)19-16(17)18-10-12-20-11-6-2-3-9-15(20)21/h4-5,7-8H,2-3,6,9-12H2,1H3,(H3,17,18,19). The Morgan fingerprint density at radius 2 is 2.18 bits per heavy atom. The van der Waals surface area contributed by atoms with Gasteiger partial charge in [-0.15, -0.1) is 0 Å². The molecule has 22 heavy (non-hydrogen) atoms. The van der Waals surface area contributed by atoms with Crippen molar-refractivity contribution in [1.82, 2.24) is 4.90 Å². The average Bonchev–Trinajstić information content (AvgIpc) is 2.73. The summed E-state index contributed by atoms with van der Waals surface area (Å²) in [7, 11) is 1.61. The molecule has 0 radical (unpaired) electrons. The highest BCUT2D eigenvalue weighted by atomic mass is 16.5. The molecule has 1 aliphatic rings. The number of carbonyl (C=O) groups is 1. The first-order valence-corrected chi connectivity index (χ1v) is 7.68. The van der Waals surface area contributed by atoms with Crippen LogP contribution in [0.4, 0.5) is 5.69 Å². The molecule has 1 amide bonds. The average molecular weight is 304 g/mol. The Kier molecular flexibility index (Phi) is 6.06. The van der Waals surface area contributed by atoms with Crippen LogP contribution in [0.1, 0.15) is 25.7 Å². The number of ether oxygens (including phenoxy) is 1. The molecule has 0 unspecified atom stereocenters. The maximum absolute atomic E-state index is 11.9. The predicted molar refractivity (Wildman–Crippen MR) is 88.2 cm³/mol. The molecule has 1 saturated heterocycles. The number of benzene rings is 1. The Labute approximate surface area is 131 Å². The van der Waals surface area contributed by atoms with Crippen LogP contribution < -0.4 is 15.8 Å². The van der Waals surface area contributed by atoms with Gasteiger partial charge in [0.25, 0.3) is 0 Å². The quantitative estimate of drug-likeness (QED) is 0.642. The Morgan fingerprint density at radius 3 is 3.00 bits per heavy atom. The third-order valence-corrected chi connectivity index (χ3v) is 3.69. The van der Waals surface area contributed by atoms with Gasteiger partial charge in [0.2, 0.25) is 5.91 Å². The van der Waals surface area contributed by atoms with Crippen LogP contribution >= 0.6 is 0 Å². The number of anilines is 1. The number of nitrogens with two attached hydrogens (primary N) is 1. The molecule has 0 aromatic heterocycles. The second-order valence-electron chi connectivity index (χ2n) is 5.28. The number of para-hydroxylation sites is 2. The molecule has 0 bridgehead atoms. The van der Waals surface area contributed by atoms with Crippen LogP contribution in [0.2, 0.25) is 0 Å². The second kappa shape index (κ2) is 8.26. The summed E-state index contributed by atoms with van der Waals surface area (Å²) in [5.74, 6) is 1.26. The van der Waals surface area contributed by atoms with Gasteiger partial charge in [-0.1, -0.05) is 18.6 Å². The van der Waals surface area contributed by atoms with Crippen LogP contribution in [0.5, 0.6) is 5.75 Å². The lowest BCUT2D eigenvalue weighted by Gasteiger charge is -2.19. The van der Waals surface area contributed by atoms with E-state index in [9.17, 15) is 4.79 Å². The van der Waals surface area contributed by atoms with Crippen LogP contribution in [-0.2, 0) is 4.79 Å². The molecule has 1 aliphatic heterocycles. The van der Waals surface area contributed by atoms with Crippen LogP contribution in [0.15, 0.2) is 29.3 Å². The summed E-state index contributed by atoms with van der Waals surface area (Å²) in [5.41, 5.74) is 6.67. The van der Waals surface area contributed by atoms with Crippen molar-refractivity contribution in [2.75, 3.05) is 32.1 Å². The van der Waals surface area contributed by atoms with Crippen molar-refractivity contribution >= 4 is 17.6 Å². The number of rotatable bonds is 5. The summed E-state index contributed by atoms with van der Waals surface area (Å²) in [5, 5.41) is 3.02. The lowest BCUT2D eigenvalue weighted by Crippen LogP contribution is -2.33. The van der Waals surface area contributed by atoms with Crippen molar-refractivity contribution < 1.29 is 9.53 Å². The van der Waals surface area contributed by atoms with E-state index in [-0.39, 0.29) is 5.91 Å². The van der Waals surface area contributed by atoms with Gasteiger partial charge in [0.05, 0.1) is 19.3 Å². The lowest BCUT2D eigenvalue weighted by atomic mass is 10.2. The zero-order chi connectivity index (χ0) is 15.8. The van der Waals surface area contributed by atoms with Gasteiger partial charge in [-0.25, -0.2) is 0 Å². The van der Waals surface area contributed by atoms with Gasteiger partial charge in [0.1, 0.15) is 5.75 Å². The number of methoxy groups -OCH3 is 1. The first-order valence-electron chi connectivity index (χ1n) is 7.68. The number of amides is 1. The Hall–Kier alpha value is -2.24. The van der Waals surface area contributed by atoms with Gasteiger partial charge in [-0.3, -0.25) is 9.79 Å². The number of nitrogens with one attached hydrogen (secondary N) is 1.